The summed E-state index contributed by atoms with van der Waals surface area (Å²) >= 11 is 0. The van der Waals surface area contributed by atoms with E-state index in [1.807, 2.05) is 12.1 Å². The first-order valence-corrected chi connectivity index (χ1v) is 16.1. The second kappa shape index (κ2) is 9.15. The first-order valence-electron chi connectivity index (χ1n) is 16.1. The minimum absolute atomic E-state index is 0.0308. The average Bonchev–Trinajstić information content (AvgIpc) is 3.19. The molecule has 4 nitrogen and oxygen atoms in total. The van der Waals surface area contributed by atoms with E-state index in [1.165, 1.54) is 43.1 Å². The monoisotopic (exact) mass is 557 g/mol. The highest BCUT2D eigenvalue weighted by Gasteiger charge is 2.69. The molecule has 0 radical (unpaired) electrons. The molecule has 0 heterocycles. The number of benzene rings is 1. The lowest BCUT2D eigenvalue weighted by atomic mass is 9.33. The largest absolute Gasteiger partial charge is 0.465 e. The number of allylic oxidation sites excluding steroid dienone is 3. The maximum atomic E-state index is 13.3. The minimum Gasteiger partial charge on any atom is -0.465 e. The van der Waals surface area contributed by atoms with E-state index in [1.54, 1.807) is 0 Å². The Hall–Kier alpha value is -2.20. The molecule has 41 heavy (non-hydrogen) atoms. The van der Waals surface area contributed by atoms with Crippen molar-refractivity contribution in [3.63, 3.8) is 0 Å². The van der Waals surface area contributed by atoms with Gasteiger partial charge in [-0.25, -0.2) is 4.79 Å². The van der Waals surface area contributed by atoms with Crippen molar-refractivity contribution in [1.82, 2.24) is 0 Å². The number of carbonyl (C=O) groups is 2. The van der Waals surface area contributed by atoms with E-state index in [4.69, 9.17) is 10.5 Å². The number of hydrogen-bond acceptors (Lipinski definition) is 4. The molecule has 1 aromatic rings. The van der Waals surface area contributed by atoms with E-state index in [0.717, 1.165) is 31.3 Å². The number of methoxy groups -OCH3 is 1. The summed E-state index contributed by atoms with van der Waals surface area (Å²) in [5, 5.41) is 0. The second-order valence-corrected chi connectivity index (χ2v) is 16.0. The molecule has 0 unspecified atom stereocenters. The van der Waals surface area contributed by atoms with E-state index >= 15 is 0 Å². The van der Waals surface area contributed by atoms with Crippen molar-refractivity contribution in [3.8, 4) is 0 Å². The van der Waals surface area contributed by atoms with E-state index in [9.17, 15) is 9.59 Å². The van der Waals surface area contributed by atoms with Crippen LogP contribution in [0.3, 0.4) is 0 Å². The van der Waals surface area contributed by atoms with Gasteiger partial charge in [0, 0.05) is 12.0 Å². The summed E-state index contributed by atoms with van der Waals surface area (Å²) in [6.45, 7) is 17.1. The minimum atomic E-state index is -0.418. The van der Waals surface area contributed by atoms with Crippen LogP contribution in [-0.2, 0) is 9.53 Å². The molecule has 0 bridgehead atoms. The van der Waals surface area contributed by atoms with Gasteiger partial charge in [0.05, 0.1) is 12.7 Å². The highest BCUT2D eigenvalue weighted by molar-refractivity contribution is 6.01. The van der Waals surface area contributed by atoms with Crippen molar-refractivity contribution in [1.29, 1.82) is 0 Å². The summed E-state index contributed by atoms with van der Waals surface area (Å²) < 4.78 is 4.92. The van der Waals surface area contributed by atoms with E-state index < -0.39 is 5.54 Å². The standard InChI is InChI=1S/C37H51NO3/c1-22(2)30-27(39)21-37(38)20-19-35(6)26(31(30)37)13-14-29-34(5)17-15-25(23-9-11-24(12-10-23)32(40)41-8)33(3,4)28(34)16-18-36(29,35)7/h9-12,15,22,26,28-29H,13-14,16-21,38H2,1-8H3/t26-,28+,29-,34+,35-,36-,37-/m1/s1. The van der Waals surface area contributed by atoms with Crippen LogP contribution < -0.4 is 5.73 Å². The molecule has 222 valence electrons. The summed E-state index contributed by atoms with van der Waals surface area (Å²) in [6, 6.07) is 8.01. The van der Waals surface area contributed by atoms with E-state index in [0.29, 0.717) is 35.5 Å². The third-order valence-electron chi connectivity index (χ3n) is 13.7. The highest BCUT2D eigenvalue weighted by atomic mass is 16.5. The molecule has 6 rings (SSSR count). The van der Waals surface area contributed by atoms with Crippen molar-refractivity contribution in [3.05, 3.63) is 52.6 Å². The van der Waals surface area contributed by atoms with Crippen LogP contribution in [0.15, 0.2) is 41.5 Å². The zero-order chi connectivity index (χ0) is 29.8. The molecule has 3 saturated carbocycles. The van der Waals surface area contributed by atoms with Gasteiger partial charge in [0.2, 0.25) is 0 Å². The zero-order valence-electron chi connectivity index (χ0n) is 26.7. The number of hydrogen-bond donors (Lipinski definition) is 1. The summed E-state index contributed by atoms with van der Waals surface area (Å²) in [5.74, 6) is 1.92. The summed E-state index contributed by atoms with van der Waals surface area (Å²) in [7, 11) is 1.43. The molecule has 5 aliphatic carbocycles. The Bertz CT molecular complexity index is 1350. The Morgan fingerprint density at radius 1 is 0.927 bits per heavy atom. The number of nitrogens with two attached hydrogens (primary N) is 1. The third kappa shape index (κ3) is 3.74. The third-order valence-corrected chi connectivity index (χ3v) is 13.7. The van der Waals surface area contributed by atoms with Crippen molar-refractivity contribution in [2.45, 2.75) is 105 Å². The first kappa shape index (κ1) is 28.9. The molecular weight excluding hydrogens is 506 g/mol. The molecular formula is C37H51NO3. The van der Waals surface area contributed by atoms with E-state index in [2.05, 4.69) is 66.7 Å². The lowest BCUT2D eigenvalue weighted by Crippen LogP contribution is -2.65. The van der Waals surface area contributed by atoms with Gasteiger partial charge in [0.15, 0.2) is 5.78 Å². The van der Waals surface area contributed by atoms with Gasteiger partial charge >= 0.3 is 5.97 Å². The number of ether oxygens (including phenoxy) is 1. The molecule has 5 aliphatic rings. The SMILES string of the molecule is COC(=O)c1ccc(C2=CC[C@]3(C)[C@H]4CC[C@@H]5C6=C(C(C)C)C(=O)C[C@]6(N)CC[C@@]5(C)[C@]4(C)CC[C@H]3C2(C)C)cc1. The van der Waals surface area contributed by atoms with Crippen LogP contribution in [0.1, 0.15) is 116 Å². The molecule has 3 fully saturated rings. The van der Waals surface area contributed by atoms with Crippen molar-refractivity contribution in [2.75, 3.05) is 7.11 Å². The number of Topliss-reactive ketones (excluding diaryl/α,β-unsaturated/α-hetero) is 1. The van der Waals surface area contributed by atoms with Crippen LogP contribution in [-0.4, -0.2) is 24.4 Å². The lowest BCUT2D eigenvalue weighted by molar-refractivity contribution is -0.193. The Morgan fingerprint density at radius 3 is 2.24 bits per heavy atom. The van der Waals surface area contributed by atoms with Crippen LogP contribution in [0.4, 0.5) is 0 Å². The Morgan fingerprint density at radius 2 is 1.61 bits per heavy atom. The second-order valence-electron chi connectivity index (χ2n) is 16.0. The maximum Gasteiger partial charge on any atom is 0.337 e. The maximum absolute atomic E-state index is 13.3. The molecule has 0 aliphatic heterocycles. The van der Waals surface area contributed by atoms with Crippen molar-refractivity contribution in [2.24, 2.45) is 51.1 Å². The molecule has 0 saturated heterocycles. The van der Waals surface area contributed by atoms with Gasteiger partial charge in [-0.2, -0.15) is 0 Å². The molecule has 2 N–H and O–H groups in total. The Kier molecular flexibility index (Phi) is 6.45. The molecule has 1 aromatic carbocycles. The molecule has 0 aromatic heterocycles. The number of fused-ring (bicyclic) bond motifs is 7. The van der Waals surface area contributed by atoms with E-state index in [-0.39, 0.29) is 33.5 Å². The first-order chi connectivity index (χ1) is 19.1. The topological polar surface area (TPSA) is 69.4 Å². The molecule has 7 atom stereocenters. The Balaban J connectivity index is 1.37. The van der Waals surface area contributed by atoms with Gasteiger partial charge in [-0.15, -0.1) is 0 Å². The van der Waals surface area contributed by atoms with Crippen LogP contribution in [0, 0.1) is 45.3 Å². The van der Waals surface area contributed by atoms with Crippen molar-refractivity contribution >= 4 is 17.3 Å². The fraction of sp³-hybridized carbons (Fsp3) is 0.676. The predicted molar refractivity (Wildman–Crippen MR) is 165 cm³/mol. The van der Waals surface area contributed by atoms with Gasteiger partial charge in [-0.05, 0) is 125 Å². The van der Waals surface area contributed by atoms with Crippen molar-refractivity contribution < 1.29 is 14.3 Å². The Labute approximate surface area is 247 Å². The molecule has 0 amide bonds. The summed E-state index contributed by atoms with van der Waals surface area (Å²) in [6.07, 6.45) is 11.0. The fourth-order valence-corrected chi connectivity index (χ4v) is 11.6. The molecule has 4 heteroatoms. The highest BCUT2D eigenvalue weighted by Crippen LogP contribution is 2.75. The van der Waals surface area contributed by atoms with Crippen LogP contribution in [0.5, 0.6) is 0 Å². The number of esters is 1. The van der Waals surface area contributed by atoms with Gasteiger partial charge < -0.3 is 10.5 Å². The van der Waals surface area contributed by atoms with Gasteiger partial charge in [-0.1, -0.05) is 66.7 Å². The number of carbonyl (C=O) groups excluding carboxylic acids is 2. The summed E-state index contributed by atoms with van der Waals surface area (Å²) in [5.41, 5.74) is 13.0. The quantitative estimate of drug-likeness (QED) is 0.381. The van der Waals surface area contributed by atoms with Gasteiger partial charge in [0.25, 0.3) is 0 Å². The zero-order valence-corrected chi connectivity index (χ0v) is 26.7. The number of ketones is 1. The smallest absolute Gasteiger partial charge is 0.337 e. The average molecular weight is 558 g/mol. The van der Waals surface area contributed by atoms with Crippen LogP contribution >= 0.6 is 0 Å². The van der Waals surface area contributed by atoms with Gasteiger partial charge in [0.1, 0.15) is 0 Å². The summed E-state index contributed by atoms with van der Waals surface area (Å²) in [4.78, 5) is 25.3. The van der Waals surface area contributed by atoms with Gasteiger partial charge in [-0.3, -0.25) is 4.79 Å². The predicted octanol–water partition coefficient (Wildman–Crippen LogP) is 8.16. The number of rotatable bonds is 3. The normalized spacial score (nSPS) is 41.3. The van der Waals surface area contributed by atoms with Crippen LogP contribution in [0.2, 0.25) is 0 Å². The van der Waals surface area contributed by atoms with Crippen LogP contribution in [0.25, 0.3) is 5.57 Å². The lowest BCUT2D eigenvalue weighted by Gasteiger charge is -2.71. The fourth-order valence-electron chi connectivity index (χ4n) is 11.6. The molecule has 0 spiro atoms.